The standard InChI is InChI=1S/C11H11NO2/c13-10-5-3-9(4-6-10)11(14)12-7-1-2-8-12/h1-6,13H,7-8H2. The average molecular weight is 189 g/mol. The number of benzene rings is 1. The normalized spacial score (nSPS) is 14.7. The Kier molecular flexibility index (Phi) is 2.23. The van der Waals surface area contributed by atoms with E-state index in [0.717, 1.165) is 0 Å². The van der Waals surface area contributed by atoms with Gasteiger partial charge in [-0.1, -0.05) is 12.2 Å². The Bertz CT molecular complexity index is 359. The van der Waals surface area contributed by atoms with E-state index in [-0.39, 0.29) is 11.7 Å². The number of amides is 1. The molecule has 0 radical (unpaired) electrons. The van der Waals surface area contributed by atoms with Crippen LogP contribution in [0.3, 0.4) is 0 Å². The van der Waals surface area contributed by atoms with E-state index in [4.69, 9.17) is 5.11 Å². The minimum atomic E-state index is 0.00926. The second kappa shape index (κ2) is 3.54. The van der Waals surface area contributed by atoms with Crippen molar-refractivity contribution < 1.29 is 9.90 Å². The highest BCUT2D eigenvalue weighted by molar-refractivity contribution is 5.94. The number of phenols is 1. The van der Waals surface area contributed by atoms with E-state index in [9.17, 15) is 4.79 Å². The first-order valence-corrected chi connectivity index (χ1v) is 4.50. The van der Waals surface area contributed by atoms with Gasteiger partial charge in [-0.2, -0.15) is 0 Å². The summed E-state index contributed by atoms with van der Waals surface area (Å²) in [5, 5.41) is 9.07. The fraction of sp³-hybridized carbons (Fsp3) is 0.182. The van der Waals surface area contributed by atoms with Crippen molar-refractivity contribution in [2.75, 3.05) is 13.1 Å². The first-order valence-electron chi connectivity index (χ1n) is 4.50. The highest BCUT2D eigenvalue weighted by atomic mass is 16.3. The highest BCUT2D eigenvalue weighted by Crippen LogP contribution is 2.12. The van der Waals surface area contributed by atoms with E-state index < -0.39 is 0 Å². The van der Waals surface area contributed by atoms with Crippen molar-refractivity contribution in [2.24, 2.45) is 0 Å². The number of carbonyl (C=O) groups excluding carboxylic acids is 1. The molecule has 3 nitrogen and oxygen atoms in total. The zero-order chi connectivity index (χ0) is 9.97. The summed E-state index contributed by atoms with van der Waals surface area (Å²) in [5.74, 6) is 0.191. The van der Waals surface area contributed by atoms with Gasteiger partial charge >= 0.3 is 0 Å². The zero-order valence-electron chi connectivity index (χ0n) is 7.68. The van der Waals surface area contributed by atoms with E-state index >= 15 is 0 Å². The van der Waals surface area contributed by atoms with Crippen LogP contribution in [0.2, 0.25) is 0 Å². The van der Waals surface area contributed by atoms with Gasteiger partial charge in [0.2, 0.25) is 0 Å². The molecule has 1 heterocycles. The van der Waals surface area contributed by atoms with Crippen LogP contribution in [-0.4, -0.2) is 29.0 Å². The smallest absolute Gasteiger partial charge is 0.254 e. The zero-order valence-corrected chi connectivity index (χ0v) is 7.68. The molecule has 0 aliphatic carbocycles. The molecule has 0 saturated heterocycles. The van der Waals surface area contributed by atoms with Gasteiger partial charge in [0.1, 0.15) is 5.75 Å². The molecule has 0 fully saturated rings. The second-order valence-electron chi connectivity index (χ2n) is 3.23. The van der Waals surface area contributed by atoms with Crippen molar-refractivity contribution in [3.63, 3.8) is 0 Å². The Morgan fingerprint density at radius 2 is 1.71 bits per heavy atom. The minimum Gasteiger partial charge on any atom is -0.508 e. The summed E-state index contributed by atoms with van der Waals surface area (Å²) in [5.41, 5.74) is 0.617. The lowest BCUT2D eigenvalue weighted by Gasteiger charge is -2.14. The summed E-state index contributed by atoms with van der Waals surface area (Å²) in [6, 6.07) is 6.32. The molecule has 0 atom stereocenters. The Morgan fingerprint density at radius 3 is 2.29 bits per heavy atom. The van der Waals surface area contributed by atoms with Gasteiger partial charge in [-0.15, -0.1) is 0 Å². The quantitative estimate of drug-likeness (QED) is 0.678. The molecular formula is C11H11NO2. The maximum absolute atomic E-state index is 11.8. The molecule has 1 N–H and O–H groups in total. The van der Waals surface area contributed by atoms with E-state index in [0.29, 0.717) is 18.7 Å². The minimum absolute atomic E-state index is 0.00926. The van der Waals surface area contributed by atoms with Crippen LogP contribution >= 0.6 is 0 Å². The van der Waals surface area contributed by atoms with Gasteiger partial charge in [0, 0.05) is 18.7 Å². The van der Waals surface area contributed by atoms with Crippen LogP contribution in [0.5, 0.6) is 5.75 Å². The number of phenolic OH excluding ortho intramolecular Hbond substituents is 1. The van der Waals surface area contributed by atoms with Crippen LogP contribution in [-0.2, 0) is 0 Å². The lowest BCUT2D eigenvalue weighted by Crippen LogP contribution is -2.28. The summed E-state index contributed by atoms with van der Waals surface area (Å²) >= 11 is 0. The summed E-state index contributed by atoms with van der Waals surface area (Å²) in [7, 11) is 0. The van der Waals surface area contributed by atoms with E-state index in [2.05, 4.69) is 0 Å². The van der Waals surface area contributed by atoms with Crippen LogP contribution < -0.4 is 0 Å². The number of hydrogen-bond acceptors (Lipinski definition) is 2. The molecule has 0 bridgehead atoms. The van der Waals surface area contributed by atoms with Crippen LogP contribution in [0.1, 0.15) is 10.4 Å². The third kappa shape index (κ3) is 1.62. The molecule has 1 aliphatic heterocycles. The van der Waals surface area contributed by atoms with Gasteiger partial charge in [-0.05, 0) is 24.3 Å². The van der Waals surface area contributed by atoms with Gasteiger partial charge in [0.25, 0.3) is 5.91 Å². The Labute approximate surface area is 82.3 Å². The molecule has 0 aromatic heterocycles. The monoisotopic (exact) mass is 189 g/mol. The Balaban J connectivity index is 2.14. The lowest BCUT2D eigenvalue weighted by molar-refractivity contribution is 0.0800. The fourth-order valence-electron chi connectivity index (χ4n) is 1.43. The first kappa shape index (κ1) is 8.81. The molecule has 72 valence electrons. The van der Waals surface area contributed by atoms with Gasteiger partial charge in [-0.3, -0.25) is 4.79 Å². The molecule has 1 aliphatic rings. The van der Waals surface area contributed by atoms with Gasteiger partial charge in [-0.25, -0.2) is 0 Å². The topological polar surface area (TPSA) is 40.5 Å². The number of nitrogens with zero attached hydrogens (tertiary/aromatic N) is 1. The molecule has 2 rings (SSSR count). The average Bonchev–Trinajstić information content (AvgIpc) is 2.71. The number of rotatable bonds is 1. The third-order valence-corrected chi connectivity index (χ3v) is 2.22. The maximum atomic E-state index is 11.8. The van der Waals surface area contributed by atoms with E-state index in [1.54, 1.807) is 17.0 Å². The molecule has 0 unspecified atom stereocenters. The van der Waals surface area contributed by atoms with Crippen molar-refractivity contribution >= 4 is 5.91 Å². The van der Waals surface area contributed by atoms with Crippen molar-refractivity contribution in [3.05, 3.63) is 42.0 Å². The summed E-state index contributed by atoms with van der Waals surface area (Å²) in [6.07, 6.45) is 3.94. The molecule has 1 amide bonds. The Morgan fingerprint density at radius 1 is 1.14 bits per heavy atom. The second-order valence-corrected chi connectivity index (χ2v) is 3.23. The lowest BCUT2D eigenvalue weighted by atomic mass is 10.2. The molecule has 1 aromatic carbocycles. The van der Waals surface area contributed by atoms with E-state index in [1.165, 1.54) is 12.1 Å². The van der Waals surface area contributed by atoms with Crippen LogP contribution in [0.4, 0.5) is 0 Å². The van der Waals surface area contributed by atoms with Gasteiger partial charge < -0.3 is 10.0 Å². The Hall–Kier alpha value is -1.77. The maximum Gasteiger partial charge on any atom is 0.254 e. The first-order chi connectivity index (χ1) is 6.77. The summed E-state index contributed by atoms with van der Waals surface area (Å²) in [6.45, 7) is 1.36. The molecule has 0 spiro atoms. The largest absolute Gasteiger partial charge is 0.508 e. The SMILES string of the molecule is O=C(c1ccc(O)cc1)N1CC=CC1. The molecule has 0 saturated carbocycles. The van der Waals surface area contributed by atoms with Crippen LogP contribution in [0, 0.1) is 0 Å². The van der Waals surface area contributed by atoms with Crippen molar-refractivity contribution in [1.29, 1.82) is 0 Å². The van der Waals surface area contributed by atoms with Crippen LogP contribution in [0.15, 0.2) is 36.4 Å². The summed E-state index contributed by atoms with van der Waals surface area (Å²) < 4.78 is 0. The van der Waals surface area contributed by atoms with Crippen molar-refractivity contribution in [3.8, 4) is 5.75 Å². The van der Waals surface area contributed by atoms with Gasteiger partial charge in [0.15, 0.2) is 0 Å². The van der Waals surface area contributed by atoms with Crippen molar-refractivity contribution in [2.45, 2.75) is 0 Å². The molecule has 1 aromatic rings. The third-order valence-electron chi connectivity index (χ3n) is 2.22. The predicted octanol–water partition coefficient (Wildman–Crippen LogP) is 1.40. The number of aromatic hydroxyl groups is 1. The highest BCUT2D eigenvalue weighted by Gasteiger charge is 2.15. The summed E-state index contributed by atoms with van der Waals surface area (Å²) in [4.78, 5) is 13.5. The molecule has 14 heavy (non-hydrogen) atoms. The number of carbonyl (C=O) groups is 1. The van der Waals surface area contributed by atoms with Gasteiger partial charge in [0.05, 0.1) is 0 Å². The number of hydrogen-bond donors (Lipinski definition) is 1. The predicted molar refractivity (Wildman–Crippen MR) is 53.2 cm³/mol. The van der Waals surface area contributed by atoms with Crippen molar-refractivity contribution in [1.82, 2.24) is 4.90 Å². The van der Waals surface area contributed by atoms with Crippen LogP contribution in [0.25, 0.3) is 0 Å². The molecule has 3 heteroatoms. The molecular weight excluding hydrogens is 178 g/mol. The van der Waals surface area contributed by atoms with E-state index in [1.807, 2.05) is 12.2 Å². The fourth-order valence-corrected chi connectivity index (χ4v) is 1.43.